The summed E-state index contributed by atoms with van der Waals surface area (Å²) >= 11 is 0. The number of hydrogen-bond acceptors (Lipinski definition) is 4. The lowest BCUT2D eigenvalue weighted by atomic mass is 10.4. The highest BCUT2D eigenvalue weighted by Crippen LogP contribution is 2.12. The van der Waals surface area contributed by atoms with E-state index in [9.17, 15) is 0 Å². The SMILES string of the molecule is NC1NCC2=CN=CCN21. The van der Waals surface area contributed by atoms with Gasteiger partial charge < -0.3 is 4.90 Å². The van der Waals surface area contributed by atoms with Crippen molar-refractivity contribution in [2.24, 2.45) is 10.7 Å². The van der Waals surface area contributed by atoms with Gasteiger partial charge in [0.2, 0.25) is 0 Å². The van der Waals surface area contributed by atoms with Gasteiger partial charge in [0.25, 0.3) is 0 Å². The predicted octanol–water partition coefficient (Wildman–Crippen LogP) is -0.940. The topological polar surface area (TPSA) is 53.6 Å². The van der Waals surface area contributed by atoms with Crippen molar-refractivity contribution in [3.8, 4) is 0 Å². The highest BCUT2D eigenvalue weighted by Gasteiger charge is 2.24. The second-order valence-electron chi connectivity index (χ2n) is 2.43. The summed E-state index contributed by atoms with van der Waals surface area (Å²) in [6.07, 6.45) is 3.69. The number of fused-ring (bicyclic) bond motifs is 1. The molecule has 1 saturated heterocycles. The standard InChI is InChI=1S/C6H10N4/c7-6-9-4-5-3-8-1-2-10(5)6/h1,3,6,9H,2,4,7H2. The Morgan fingerprint density at radius 1 is 1.80 bits per heavy atom. The van der Waals surface area contributed by atoms with E-state index in [2.05, 4.69) is 15.2 Å². The van der Waals surface area contributed by atoms with E-state index in [0.29, 0.717) is 0 Å². The third-order valence-electron chi connectivity index (χ3n) is 1.80. The minimum Gasteiger partial charge on any atom is -0.339 e. The molecule has 4 nitrogen and oxygen atoms in total. The van der Waals surface area contributed by atoms with Crippen molar-refractivity contribution in [2.75, 3.05) is 13.1 Å². The van der Waals surface area contributed by atoms with Crippen LogP contribution in [0.15, 0.2) is 16.9 Å². The maximum Gasteiger partial charge on any atom is 0.132 e. The maximum absolute atomic E-state index is 5.70. The van der Waals surface area contributed by atoms with Gasteiger partial charge in [-0.3, -0.25) is 16.0 Å². The van der Waals surface area contributed by atoms with Gasteiger partial charge in [-0.05, 0) is 0 Å². The Kier molecular flexibility index (Phi) is 1.22. The Labute approximate surface area is 59.4 Å². The molecule has 0 saturated carbocycles. The molecule has 3 N–H and O–H groups in total. The zero-order valence-corrected chi connectivity index (χ0v) is 5.62. The van der Waals surface area contributed by atoms with Crippen molar-refractivity contribution in [1.29, 1.82) is 0 Å². The lowest BCUT2D eigenvalue weighted by Gasteiger charge is -2.23. The Balaban J connectivity index is 2.23. The number of nitrogens with one attached hydrogen (secondary N) is 1. The molecule has 1 fully saturated rings. The van der Waals surface area contributed by atoms with Crippen LogP contribution < -0.4 is 11.1 Å². The largest absolute Gasteiger partial charge is 0.339 e. The molecule has 10 heavy (non-hydrogen) atoms. The third kappa shape index (κ3) is 0.732. The Hall–Kier alpha value is -0.870. The van der Waals surface area contributed by atoms with E-state index in [-0.39, 0.29) is 6.29 Å². The van der Waals surface area contributed by atoms with Crippen molar-refractivity contribution >= 4 is 6.21 Å². The maximum atomic E-state index is 5.70. The van der Waals surface area contributed by atoms with Gasteiger partial charge in [-0.2, -0.15) is 0 Å². The smallest absolute Gasteiger partial charge is 0.132 e. The van der Waals surface area contributed by atoms with Crippen LogP contribution in [0.4, 0.5) is 0 Å². The van der Waals surface area contributed by atoms with Crippen LogP contribution in [0.5, 0.6) is 0 Å². The summed E-state index contributed by atoms with van der Waals surface area (Å²) < 4.78 is 0. The summed E-state index contributed by atoms with van der Waals surface area (Å²) in [4.78, 5) is 6.12. The van der Waals surface area contributed by atoms with E-state index in [1.165, 1.54) is 5.70 Å². The van der Waals surface area contributed by atoms with Gasteiger partial charge in [-0.1, -0.05) is 0 Å². The van der Waals surface area contributed by atoms with Crippen molar-refractivity contribution < 1.29 is 0 Å². The molecule has 0 amide bonds. The monoisotopic (exact) mass is 138 g/mol. The lowest BCUT2D eigenvalue weighted by molar-refractivity contribution is 0.315. The van der Waals surface area contributed by atoms with E-state index in [4.69, 9.17) is 5.73 Å². The van der Waals surface area contributed by atoms with Crippen molar-refractivity contribution in [1.82, 2.24) is 10.2 Å². The average molecular weight is 138 g/mol. The van der Waals surface area contributed by atoms with Crippen molar-refractivity contribution in [3.63, 3.8) is 0 Å². The minimum absolute atomic E-state index is 0.0157. The summed E-state index contributed by atoms with van der Waals surface area (Å²) in [5.74, 6) is 0. The molecule has 0 bridgehead atoms. The Bertz CT molecular complexity index is 196. The molecule has 0 radical (unpaired) electrons. The van der Waals surface area contributed by atoms with Crippen LogP contribution in [0.1, 0.15) is 0 Å². The molecule has 0 aliphatic carbocycles. The first-order valence-electron chi connectivity index (χ1n) is 3.34. The molecule has 2 heterocycles. The lowest BCUT2D eigenvalue weighted by Crippen LogP contribution is -2.44. The molecule has 1 unspecified atom stereocenters. The predicted molar refractivity (Wildman–Crippen MR) is 39.3 cm³/mol. The first-order chi connectivity index (χ1) is 4.88. The zero-order valence-electron chi connectivity index (χ0n) is 5.62. The minimum atomic E-state index is -0.0157. The first-order valence-corrected chi connectivity index (χ1v) is 3.34. The Morgan fingerprint density at radius 2 is 2.70 bits per heavy atom. The molecule has 0 aromatic carbocycles. The number of nitrogens with two attached hydrogens (primary N) is 1. The molecule has 0 aromatic rings. The molecule has 0 spiro atoms. The van der Waals surface area contributed by atoms with E-state index < -0.39 is 0 Å². The van der Waals surface area contributed by atoms with E-state index in [1.807, 2.05) is 12.4 Å². The van der Waals surface area contributed by atoms with E-state index >= 15 is 0 Å². The van der Waals surface area contributed by atoms with E-state index in [1.54, 1.807) is 0 Å². The van der Waals surface area contributed by atoms with Gasteiger partial charge in [-0.25, -0.2) is 0 Å². The highest BCUT2D eigenvalue weighted by molar-refractivity contribution is 5.62. The second kappa shape index (κ2) is 2.07. The number of rotatable bonds is 0. The number of aliphatic imine (C=N–C) groups is 1. The number of nitrogens with zero attached hydrogens (tertiary/aromatic N) is 2. The van der Waals surface area contributed by atoms with Crippen LogP contribution in [0.3, 0.4) is 0 Å². The zero-order chi connectivity index (χ0) is 6.97. The van der Waals surface area contributed by atoms with Crippen LogP contribution >= 0.6 is 0 Å². The van der Waals surface area contributed by atoms with Crippen molar-refractivity contribution in [3.05, 3.63) is 11.9 Å². The fourth-order valence-electron chi connectivity index (χ4n) is 1.22. The first kappa shape index (κ1) is 5.88. The quantitative estimate of drug-likeness (QED) is 0.454. The summed E-state index contributed by atoms with van der Waals surface area (Å²) in [5.41, 5.74) is 6.89. The summed E-state index contributed by atoms with van der Waals surface area (Å²) in [5, 5.41) is 3.12. The molecular weight excluding hydrogens is 128 g/mol. The molecule has 0 aromatic heterocycles. The molecule has 2 aliphatic rings. The van der Waals surface area contributed by atoms with Gasteiger partial charge in [-0.15, -0.1) is 0 Å². The van der Waals surface area contributed by atoms with Gasteiger partial charge in [0.1, 0.15) is 6.29 Å². The average Bonchev–Trinajstić information content (AvgIpc) is 2.34. The van der Waals surface area contributed by atoms with Gasteiger partial charge in [0.05, 0.1) is 6.54 Å². The normalized spacial score (nSPS) is 30.3. The van der Waals surface area contributed by atoms with Crippen LogP contribution in [-0.2, 0) is 0 Å². The van der Waals surface area contributed by atoms with Crippen LogP contribution in [0.2, 0.25) is 0 Å². The third-order valence-corrected chi connectivity index (χ3v) is 1.80. The number of hydrogen-bond donors (Lipinski definition) is 2. The van der Waals surface area contributed by atoms with Gasteiger partial charge in [0.15, 0.2) is 0 Å². The second-order valence-corrected chi connectivity index (χ2v) is 2.43. The fraction of sp³-hybridized carbons (Fsp3) is 0.500. The van der Waals surface area contributed by atoms with Gasteiger partial charge >= 0.3 is 0 Å². The molecule has 1 atom stereocenters. The summed E-state index contributed by atoms with van der Waals surface area (Å²) in [6, 6.07) is 0. The fourth-order valence-corrected chi connectivity index (χ4v) is 1.22. The van der Waals surface area contributed by atoms with Crippen molar-refractivity contribution in [2.45, 2.75) is 6.29 Å². The molecule has 2 aliphatic heterocycles. The van der Waals surface area contributed by atoms with Gasteiger partial charge in [0, 0.05) is 24.7 Å². The molecule has 54 valence electrons. The molecule has 2 rings (SSSR count). The summed E-state index contributed by atoms with van der Waals surface area (Å²) in [6.45, 7) is 1.68. The Morgan fingerprint density at radius 3 is 3.50 bits per heavy atom. The molecule has 4 heteroatoms. The highest BCUT2D eigenvalue weighted by atomic mass is 15.4. The van der Waals surface area contributed by atoms with Crippen LogP contribution in [0, 0.1) is 0 Å². The van der Waals surface area contributed by atoms with Crippen LogP contribution in [0.25, 0.3) is 0 Å². The molecular formula is C6H10N4. The summed E-state index contributed by atoms with van der Waals surface area (Å²) in [7, 11) is 0. The van der Waals surface area contributed by atoms with E-state index in [0.717, 1.165) is 13.1 Å². The van der Waals surface area contributed by atoms with Crippen LogP contribution in [-0.4, -0.2) is 30.5 Å².